The summed E-state index contributed by atoms with van der Waals surface area (Å²) in [5.74, 6) is -0.847. The zero-order valence-electron chi connectivity index (χ0n) is 6.28. The van der Waals surface area contributed by atoms with E-state index >= 15 is 0 Å². The van der Waals surface area contributed by atoms with E-state index in [0.717, 1.165) is 6.07 Å². The molecule has 0 radical (unpaired) electrons. The van der Waals surface area contributed by atoms with Gasteiger partial charge in [0.15, 0.2) is 5.78 Å². The van der Waals surface area contributed by atoms with Crippen LogP contribution in [0.15, 0.2) is 12.1 Å². The normalized spacial score (nSPS) is 10.2. The number of alkyl halides is 1. The fourth-order valence-electron chi connectivity index (χ4n) is 0.875. The Bertz CT molecular complexity index is 333. The first-order chi connectivity index (χ1) is 6.06. The molecule has 70 valence electrons. The number of halogens is 4. The molecule has 0 atom stereocenters. The molecule has 0 amide bonds. The Morgan fingerprint density at radius 2 is 2.23 bits per heavy atom. The van der Waals surface area contributed by atoms with Crippen LogP contribution in [0, 0.1) is 9.39 Å². The number of hydrogen-bond acceptors (Lipinski definition) is 1. The van der Waals surface area contributed by atoms with Crippen molar-refractivity contribution in [2.45, 2.75) is 0 Å². The van der Waals surface area contributed by atoms with Crippen LogP contribution in [0.4, 0.5) is 4.39 Å². The van der Waals surface area contributed by atoms with Crippen molar-refractivity contribution in [2.24, 2.45) is 0 Å². The standard InChI is InChI=1S/C8H4BrClFIO/c9-3-7(13)8-5(11)1-4(10)2-6(8)12/h1-2H,3H2. The first-order valence-corrected chi connectivity index (χ1v) is 5.87. The van der Waals surface area contributed by atoms with E-state index in [2.05, 4.69) is 15.9 Å². The summed E-state index contributed by atoms with van der Waals surface area (Å²) in [6.45, 7) is 0. The molecule has 0 N–H and O–H groups in total. The van der Waals surface area contributed by atoms with E-state index in [1.165, 1.54) is 0 Å². The zero-order valence-corrected chi connectivity index (χ0v) is 10.8. The summed E-state index contributed by atoms with van der Waals surface area (Å²) < 4.78 is 13.8. The van der Waals surface area contributed by atoms with Crippen molar-refractivity contribution < 1.29 is 9.18 Å². The molecule has 0 fully saturated rings. The second-order valence-electron chi connectivity index (χ2n) is 2.30. The molecular weight excluding hydrogens is 373 g/mol. The summed E-state index contributed by atoms with van der Waals surface area (Å²) in [4.78, 5) is 11.2. The smallest absolute Gasteiger partial charge is 0.177 e. The van der Waals surface area contributed by atoms with Gasteiger partial charge in [0.1, 0.15) is 5.82 Å². The average Bonchev–Trinajstić information content (AvgIpc) is 2.02. The number of Topliss-reactive ketones (excluding diaryl/α,β-unsaturated/α-hetero) is 1. The van der Waals surface area contributed by atoms with Crippen molar-refractivity contribution in [3.8, 4) is 0 Å². The minimum Gasteiger partial charge on any atom is -0.293 e. The van der Waals surface area contributed by atoms with Crippen molar-refractivity contribution in [2.75, 3.05) is 5.33 Å². The molecule has 1 aromatic carbocycles. The summed E-state index contributed by atoms with van der Waals surface area (Å²) in [5.41, 5.74) is 0.0990. The van der Waals surface area contributed by atoms with Gasteiger partial charge in [-0.25, -0.2) is 4.39 Å². The Labute approximate surface area is 102 Å². The summed E-state index contributed by atoms with van der Waals surface area (Å²) in [7, 11) is 0. The van der Waals surface area contributed by atoms with Crippen molar-refractivity contribution in [3.05, 3.63) is 32.1 Å². The molecule has 0 saturated carbocycles. The van der Waals surface area contributed by atoms with Crippen LogP contribution >= 0.6 is 50.1 Å². The van der Waals surface area contributed by atoms with Gasteiger partial charge < -0.3 is 0 Å². The minimum atomic E-state index is -0.568. The van der Waals surface area contributed by atoms with E-state index in [0.29, 0.717) is 8.59 Å². The van der Waals surface area contributed by atoms with Gasteiger partial charge >= 0.3 is 0 Å². The maximum atomic E-state index is 13.2. The minimum absolute atomic E-state index is 0.0990. The van der Waals surface area contributed by atoms with Gasteiger partial charge in [-0.05, 0) is 34.7 Å². The number of rotatable bonds is 2. The molecule has 13 heavy (non-hydrogen) atoms. The molecule has 0 heterocycles. The van der Waals surface area contributed by atoms with Crippen molar-refractivity contribution in [3.63, 3.8) is 0 Å². The third-order valence-electron chi connectivity index (χ3n) is 1.41. The Morgan fingerprint density at radius 1 is 1.62 bits per heavy atom. The van der Waals surface area contributed by atoms with E-state index in [1.54, 1.807) is 6.07 Å². The number of hydrogen-bond donors (Lipinski definition) is 0. The van der Waals surface area contributed by atoms with Gasteiger partial charge in [-0.15, -0.1) is 0 Å². The highest BCUT2D eigenvalue weighted by Gasteiger charge is 2.15. The van der Waals surface area contributed by atoms with Crippen molar-refractivity contribution in [1.82, 2.24) is 0 Å². The first kappa shape index (κ1) is 11.4. The lowest BCUT2D eigenvalue weighted by Gasteiger charge is -2.03. The molecule has 5 heteroatoms. The highest BCUT2D eigenvalue weighted by Crippen LogP contribution is 2.22. The van der Waals surface area contributed by atoms with Gasteiger partial charge in [-0.1, -0.05) is 27.5 Å². The monoisotopic (exact) mass is 376 g/mol. The Morgan fingerprint density at radius 3 is 2.69 bits per heavy atom. The van der Waals surface area contributed by atoms with Crippen LogP contribution in [-0.2, 0) is 0 Å². The number of ketones is 1. The number of carbonyl (C=O) groups is 1. The molecule has 1 rings (SSSR count). The summed E-state index contributed by atoms with van der Waals surface area (Å²) >= 11 is 10.5. The molecule has 1 aromatic rings. The lowest BCUT2D eigenvalue weighted by molar-refractivity contribution is 0.101. The topological polar surface area (TPSA) is 17.1 Å². The molecule has 0 aromatic heterocycles. The van der Waals surface area contributed by atoms with Crippen molar-refractivity contribution >= 4 is 55.9 Å². The SMILES string of the molecule is O=C(CBr)c1c(F)cc(Cl)cc1I. The largest absolute Gasteiger partial charge is 0.293 e. The van der Waals surface area contributed by atoms with Crippen LogP contribution in [0.5, 0.6) is 0 Å². The third kappa shape index (κ3) is 2.63. The molecule has 0 aliphatic carbocycles. The lowest BCUT2D eigenvalue weighted by atomic mass is 10.1. The van der Waals surface area contributed by atoms with Gasteiger partial charge in [-0.2, -0.15) is 0 Å². The molecule has 0 aliphatic heterocycles. The molecule has 1 nitrogen and oxygen atoms in total. The maximum Gasteiger partial charge on any atom is 0.177 e. The van der Waals surface area contributed by atoms with Gasteiger partial charge in [0, 0.05) is 8.59 Å². The number of benzene rings is 1. The molecule has 0 saturated heterocycles. The van der Waals surface area contributed by atoms with Crippen LogP contribution < -0.4 is 0 Å². The van der Waals surface area contributed by atoms with E-state index in [9.17, 15) is 9.18 Å². The Kier molecular flexibility index (Phi) is 4.12. The van der Waals surface area contributed by atoms with E-state index in [-0.39, 0.29) is 16.7 Å². The lowest BCUT2D eigenvalue weighted by Crippen LogP contribution is -2.06. The molecule has 0 bridgehead atoms. The average molecular weight is 377 g/mol. The second kappa shape index (κ2) is 4.70. The molecule has 0 unspecified atom stereocenters. The molecule has 0 spiro atoms. The zero-order chi connectivity index (χ0) is 10.0. The first-order valence-electron chi connectivity index (χ1n) is 3.30. The Hall–Kier alpha value is 0.320. The Balaban J connectivity index is 3.28. The predicted molar refractivity (Wildman–Crippen MR) is 62.3 cm³/mol. The van der Waals surface area contributed by atoms with E-state index < -0.39 is 5.82 Å². The van der Waals surface area contributed by atoms with Crippen LogP contribution in [0.1, 0.15) is 10.4 Å². The summed E-state index contributed by atoms with van der Waals surface area (Å²) in [5, 5.41) is 0.412. The van der Waals surface area contributed by atoms with Gasteiger partial charge in [0.2, 0.25) is 0 Å². The number of carbonyl (C=O) groups excluding carboxylic acids is 1. The summed E-state index contributed by atoms with van der Waals surface area (Å²) in [6.07, 6.45) is 0. The van der Waals surface area contributed by atoms with Crippen LogP contribution in [-0.4, -0.2) is 11.1 Å². The van der Waals surface area contributed by atoms with E-state index in [4.69, 9.17) is 11.6 Å². The van der Waals surface area contributed by atoms with E-state index in [1.807, 2.05) is 22.6 Å². The highest BCUT2D eigenvalue weighted by atomic mass is 127. The highest BCUT2D eigenvalue weighted by molar-refractivity contribution is 14.1. The van der Waals surface area contributed by atoms with Crippen LogP contribution in [0.3, 0.4) is 0 Å². The summed E-state index contributed by atoms with van der Waals surface area (Å²) in [6, 6.07) is 2.70. The molecular formula is C8H4BrClFIO. The maximum absolute atomic E-state index is 13.2. The fraction of sp³-hybridized carbons (Fsp3) is 0.125. The van der Waals surface area contributed by atoms with Crippen LogP contribution in [0.2, 0.25) is 5.02 Å². The van der Waals surface area contributed by atoms with Gasteiger partial charge in [-0.3, -0.25) is 4.79 Å². The van der Waals surface area contributed by atoms with Gasteiger partial charge in [0.05, 0.1) is 10.9 Å². The van der Waals surface area contributed by atoms with Gasteiger partial charge in [0.25, 0.3) is 0 Å². The quantitative estimate of drug-likeness (QED) is 0.437. The second-order valence-corrected chi connectivity index (χ2v) is 4.46. The van der Waals surface area contributed by atoms with Crippen molar-refractivity contribution in [1.29, 1.82) is 0 Å². The molecule has 0 aliphatic rings. The third-order valence-corrected chi connectivity index (χ3v) is 2.99. The predicted octanol–water partition coefficient (Wildman–Crippen LogP) is 3.66. The fourth-order valence-corrected chi connectivity index (χ4v) is 2.44. The van der Waals surface area contributed by atoms with Crippen LogP contribution in [0.25, 0.3) is 0 Å².